The molecule has 0 radical (unpaired) electrons. The Morgan fingerprint density at radius 1 is 0.938 bits per heavy atom. The number of hydrogen-bond donors (Lipinski definition) is 1. The van der Waals surface area contributed by atoms with Gasteiger partial charge in [0, 0.05) is 27.6 Å². The number of Topliss-reactive ketones (excluding diaryl/α,β-unsaturated/α-hetero) is 1. The van der Waals surface area contributed by atoms with E-state index < -0.39 is 30.3 Å². The minimum Gasteiger partial charge on any atom is -0.358 e. The lowest BCUT2D eigenvalue weighted by atomic mass is 9.97. The topological polar surface area (TPSA) is 37.3 Å². The van der Waals surface area contributed by atoms with E-state index in [1.54, 1.807) is 19.1 Å². The fraction of sp³-hybridized carbons (Fsp3) is 0.409. The van der Waals surface area contributed by atoms with Gasteiger partial charge in [-0.05, 0) is 55.7 Å². The summed E-state index contributed by atoms with van der Waals surface area (Å²) in [6.07, 6.45) is -3.23. The standard InChI is InChI=1S/C12H16ClFO.C9H6ClF3O.CH2F2/c1-3-4-7-12(14,15)11-8-10(13)6-5-9(11)2;1-5-2-3-6(10)4-7(5)8(14)9(11,12)13;2-1-3/h5-6,8,15H,3-4,7H2,1-2H3;2-4H,1H3;1H2. The Hall–Kier alpha value is -1.77. The number of benzene rings is 2. The van der Waals surface area contributed by atoms with Gasteiger partial charge >= 0.3 is 6.18 Å². The summed E-state index contributed by atoms with van der Waals surface area (Å²) in [6, 6.07) is 8.73. The highest BCUT2D eigenvalue weighted by molar-refractivity contribution is 6.31. The number of alkyl halides is 6. The van der Waals surface area contributed by atoms with Crippen LogP contribution in [0.4, 0.5) is 26.3 Å². The lowest BCUT2D eigenvalue weighted by molar-refractivity contribution is -0.104. The fourth-order valence-electron chi connectivity index (χ4n) is 2.54. The Kier molecular flexibility index (Phi) is 12.9. The van der Waals surface area contributed by atoms with Gasteiger partial charge in [0.1, 0.15) is 0 Å². The van der Waals surface area contributed by atoms with Crippen LogP contribution in [0.3, 0.4) is 0 Å². The van der Waals surface area contributed by atoms with E-state index in [4.69, 9.17) is 23.2 Å². The number of ketones is 1. The fourth-order valence-corrected chi connectivity index (χ4v) is 2.89. The van der Waals surface area contributed by atoms with E-state index >= 15 is 0 Å². The second-order valence-corrected chi connectivity index (χ2v) is 7.58. The van der Waals surface area contributed by atoms with Crippen molar-refractivity contribution < 1.29 is 36.2 Å². The molecule has 1 unspecified atom stereocenters. The molecule has 0 bridgehead atoms. The van der Waals surface area contributed by atoms with Crippen LogP contribution < -0.4 is 0 Å². The van der Waals surface area contributed by atoms with Crippen molar-refractivity contribution in [1.82, 2.24) is 0 Å². The number of aliphatic hydroxyl groups is 1. The SMILES string of the molecule is CCCCC(O)(F)c1cc(Cl)ccc1C.Cc1ccc(Cl)cc1C(=O)C(F)(F)F.FCF. The van der Waals surface area contributed by atoms with Crippen molar-refractivity contribution in [2.45, 2.75) is 52.1 Å². The highest BCUT2D eigenvalue weighted by Crippen LogP contribution is 2.32. The molecule has 1 atom stereocenters. The van der Waals surface area contributed by atoms with Crippen molar-refractivity contribution in [3.05, 3.63) is 68.7 Å². The maximum Gasteiger partial charge on any atom is 0.454 e. The maximum atomic E-state index is 13.9. The zero-order chi connectivity index (χ0) is 25.1. The van der Waals surface area contributed by atoms with Gasteiger partial charge in [0.2, 0.25) is 12.8 Å². The molecule has 0 aliphatic rings. The summed E-state index contributed by atoms with van der Waals surface area (Å²) < 4.78 is 69.4. The van der Waals surface area contributed by atoms with Crippen LogP contribution in [-0.4, -0.2) is 24.0 Å². The molecule has 2 aromatic rings. The Bertz CT molecular complexity index is 870. The van der Waals surface area contributed by atoms with Crippen LogP contribution in [0.5, 0.6) is 0 Å². The molecule has 10 heteroatoms. The molecule has 0 fully saturated rings. The molecule has 0 aromatic heterocycles. The summed E-state index contributed by atoms with van der Waals surface area (Å²) in [5.41, 5.74) is 0.866. The van der Waals surface area contributed by atoms with Crippen molar-refractivity contribution in [2.24, 2.45) is 0 Å². The van der Waals surface area contributed by atoms with Gasteiger partial charge in [-0.15, -0.1) is 0 Å². The Labute approximate surface area is 193 Å². The van der Waals surface area contributed by atoms with E-state index in [1.807, 2.05) is 6.92 Å². The van der Waals surface area contributed by atoms with Crippen LogP contribution in [0.15, 0.2) is 36.4 Å². The highest BCUT2D eigenvalue weighted by atomic mass is 35.5. The van der Waals surface area contributed by atoms with Crippen LogP contribution >= 0.6 is 23.2 Å². The minimum atomic E-state index is -4.85. The lowest BCUT2D eigenvalue weighted by Gasteiger charge is -2.21. The Morgan fingerprint density at radius 2 is 1.41 bits per heavy atom. The van der Waals surface area contributed by atoms with Crippen molar-refractivity contribution in [3.8, 4) is 0 Å². The first-order chi connectivity index (χ1) is 14.7. The van der Waals surface area contributed by atoms with Crippen molar-refractivity contribution in [1.29, 1.82) is 0 Å². The van der Waals surface area contributed by atoms with Gasteiger partial charge in [-0.2, -0.15) is 13.2 Å². The summed E-state index contributed by atoms with van der Waals surface area (Å²) in [5, 5.41) is 10.3. The Balaban J connectivity index is 0.000000536. The zero-order valence-electron chi connectivity index (χ0n) is 17.7. The molecule has 0 saturated heterocycles. The molecule has 1 N–H and O–H groups in total. The molecule has 2 rings (SSSR count). The second kappa shape index (κ2) is 13.7. The first-order valence-electron chi connectivity index (χ1n) is 9.38. The molecule has 0 aliphatic heterocycles. The van der Waals surface area contributed by atoms with Gasteiger partial charge in [-0.1, -0.05) is 48.7 Å². The lowest BCUT2D eigenvalue weighted by Crippen LogP contribution is -2.23. The molecule has 0 saturated carbocycles. The quantitative estimate of drug-likeness (QED) is 0.328. The van der Waals surface area contributed by atoms with E-state index in [9.17, 15) is 36.2 Å². The average Bonchev–Trinajstić information content (AvgIpc) is 2.70. The molecular formula is C22H24Cl2F6O2. The van der Waals surface area contributed by atoms with E-state index in [1.165, 1.54) is 25.1 Å². The number of unbranched alkanes of at least 4 members (excludes halogenated alkanes) is 1. The normalized spacial score (nSPS) is 12.6. The summed E-state index contributed by atoms with van der Waals surface area (Å²) in [7, 11) is 0. The third-order valence-corrected chi connectivity index (χ3v) is 4.65. The van der Waals surface area contributed by atoms with Crippen molar-refractivity contribution >= 4 is 29.0 Å². The van der Waals surface area contributed by atoms with Gasteiger partial charge in [0.15, 0.2) is 0 Å². The molecule has 0 spiro atoms. The third kappa shape index (κ3) is 10.2. The van der Waals surface area contributed by atoms with Crippen LogP contribution in [0.1, 0.15) is 53.2 Å². The third-order valence-electron chi connectivity index (χ3n) is 4.18. The zero-order valence-corrected chi connectivity index (χ0v) is 19.2. The number of halogens is 8. The molecule has 2 aromatic carbocycles. The maximum absolute atomic E-state index is 13.9. The predicted molar refractivity (Wildman–Crippen MR) is 114 cm³/mol. The summed E-state index contributed by atoms with van der Waals surface area (Å²) in [5.74, 6) is -4.12. The molecular weight excluding hydrogens is 481 g/mol. The number of carbonyl (C=O) groups is 1. The Morgan fingerprint density at radius 3 is 1.88 bits per heavy atom. The number of hydrogen-bond acceptors (Lipinski definition) is 2. The van der Waals surface area contributed by atoms with Crippen molar-refractivity contribution in [3.63, 3.8) is 0 Å². The van der Waals surface area contributed by atoms with Crippen LogP contribution in [-0.2, 0) is 5.85 Å². The number of aryl methyl sites for hydroxylation is 2. The molecule has 0 amide bonds. The van der Waals surface area contributed by atoms with Crippen LogP contribution in [0.25, 0.3) is 0 Å². The van der Waals surface area contributed by atoms with E-state index in [-0.39, 0.29) is 22.6 Å². The monoisotopic (exact) mass is 504 g/mol. The summed E-state index contributed by atoms with van der Waals surface area (Å²) in [6.45, 7) is 3.40. The van der Waals surface area contributed by atoms with Gasteiger partial charge < -0.3 is 5.11 Å². The average molecular weight is 505 g/mol. The summed E-state index contributed by atoms with van der Waals surface area (Å²) in [4.78, 5) is 10.9. The van der Waals surface area contributed by atoms with E-state index in [2.05, 4.69) is 0 Å². The number of carbonyl (C=O) groups excluding carboxylic acids is 1. The first kappa shape index (κ1) is 30.2. The summed E-state index contributed by atoms with van der Waals surface area (Å²) >= 11 is 11.3. The predicted octanol–water partition coefficient (Wildman–Crippen LogP) is 8.23. The smallest absolute Gasteiger partial charge is 0.358 e. The minimum absolute atomic E-state index is 0.114. The van der Waals surface area contributed by atoms with Crippen LogP contribution in [0, 0.1) is 13.8 Å². The molecule has 0 heterocycles. The second-order valence-electron chi connectivity index (χ2n) is 6.71. The molecule has 2 nitrogen and oxygen atoms in total. The van der Waals surface area contributed by atoms with E-state index in [0.717, 1.165) is 18.1 Å². The van der Waals surface area contributed by atoms with Gasteiger partial charge in [-0.25, -0.2) is 13.2 Å². The molecule has 0 aliphatic carbocycles. The first-order valence-corrected chi connectivity index (χ1v) is 10.1. The van der Waals surface area contributed by atoms with Crippen LogP contribution in [0.2, 0.25) is 10.0 Å². The van der Waals surface area contributed by atoms with Gasteiger partial charge in [0.25, 0.3) is 5.78 Å². The van der Waals surface area contributed by atoms with Gasteiger partial charge in [0.05, 0.1) is 0 Å². The van der Waals surface area contributed by atoms with Gasteiger partial charge in [-0.3, -0.25) is 4.79 Å². The molecule has 32 heavy (non-hydrogen) atoms. The van der Waals surface area contributed by atoms with E-state index in [0.29, 0.717) is 11.4 Å². The highest BCUT2D eigenvalue weighted by Gasteiger charge is 2.40. The number of rotatable bonds is 5. The largest absolute Gasteiger partial charge is 0.454 e. The van der Waals surface area contributed by atoms with Crippen molar-refractivity contribution in [2.75, 3.05) is 6.93 Å². The molecule has 180 valence electrons.